The van der Waals surface area contributed by atoms with Crippen molar-refractivity contribution in [2.75, 3.05) is 11.9 Å². The topological polar surface area (TPSA) is 75.6 Å². The highest BCUT2D eigenvalue weighted by atomic mass is 16.5. The second-order valence-electron chi connectivity index (χ2n) is 5.86. The molecule has 5 nitrogen and oxygen atoms in total. The van der Waals surface area contributed by atoms with Gasteiger partial charge in [0.15, 0.2) is 0 Å². The monoisotopic (exact) mass is 305 g/mol. The van der Waals surface area contributed by atoms with Gasteiger partial charge in [-0.2, -0.15) is 0 Å². The Kier molecular flexibility index (Phi) is 5.55. The first-order valence-electron chi connectivity index (χ1n) is 7.73. The first-order valence-corrected chi connectivity index (χ1v) is 7.73. The number of hydrogen-bond acceptors (Lipinski definition) is 3. The molecule has 1 saturated heterocycles. The number of carbonyl (C=O) groups excluding carboxylic acids is 1. The van der Waals surface area contributed by atoms with Crippen LogP contribution in [0.4, 0.5) is 5.69 Å². The molecule has 1 aromatic carbocycles. The number of aryl methyl sites for hydroxylation is 2. The van der Waals surface area contributed by atoms with Gasteiger partial charge in [-0.05, 0) is 56.7 Å². The zero-order valence-electron chi connectivity index (χ0n) is 13.1. The zero-order chi connectivity index (χ0) is 16.1. The van der Waals surface area contributed by atoms with Crippen LogP contribution in [0.5, 0.6) is 0 Å². The van der Waals surface area contributed by atoms with Crippen LogP contribution in [0.1, 0.15) is 53.6 Å². The molecule has 1 heterocycles. The molecule has 0 aliphatic carbocycles. The highest BCUT2D eigenvalue weighted by Gasteiger charge is 2.16. The Morgan fingerprint density at radius 1 is 1.27 bits per heavy atom. The third kappa shape index (κ3) is 4.31. The van der Waals surface area contributed by atoms with Crippen molar-refractivity contribution < 1.29 is 19.4 Å². The normalized spacial score (nSPS) is 18.0. The summed E-state index contributed by atoms with van der Waals surface area (Å²) in [5.41, 5.74) is 2.34. The van der Waals surface area contributed by atoms with Crippen molar-refractivity contribution in [3.8, 4) is 0 Å². The molecular weight excluding hydrogens is 282 g/mol. The van der Waals surface area contributed by atoms with E-state index in [1.807, 2.05) is 6.92 Å². The van der Waals surface area contributed by atoms with Gasteiger partial charge < -0.3 is 15.2 Å². The van der Waals surface area contributed by atoms with Gasteiger partial charge in [0.1, 0.15) is 0 Å². The lowest BCUT2D eigenvalue weighted by Crippen LogP contribution is -2.22. The van der Waals surface area contributed by atoms with Crippen molar-refractivity contribution in [1.82, 2.24) is 0 Å². The van der Waals surface area contributed by atoms with Crippen LogP contribution in [0.25, 0.3) is 0 Å². The van der Waals surface area contributed by atoms with Gasteiger partial charge in [0, 0.05) is 18.7 Å². The molecule has 0 radical (unpaired) electrons. The number of nitrogens with one attached hydrogen (secondary N) is 1. The summed E-state index contributed by atoms with van der Waals surface area (Å²) in [5, 5.41) is 12.0. The fourth-order valence-electron chi connectivity index (χ4n) is 2.76. The molecule has 120 valence electrons. The van der Waals surface area contributed by atoms with E-state index < -0.39 is 5.97 Å². The third-order valence-electron chi connectivity index (χ3n) is 4.04. The van der Waals surface area contributed by atoms with Crippen LogP contribution in [-0.2, 0) is 9.53 Å². The van der Waals surface area contributed by atoms with E-state index >= 15 is 0 Å². The van der Waals surface area contributed by atoms with Crippen molar-refractivity contribution in [3.05, 3.63) is 28.8 Å². The maximum Gasteiger partial charge on any atom is 0.336 e. The number of rotatable bonds is 5. The molecule has 5 heteroatoms. The minimum atomic E-state index is -0.983. The van der Waals surface area contributed by atoms with E-state index in [0.29, 0.717) is 24.1 Å². The second kappa shape index (κ2) is 7.40. The highest BCUT2D eigenvalue weighted by molar-refractivity contribution is 5.95. The van der Waals surface area contributed by atoms with Gasteiger partial charge in [0.05, 0.1) is 11.7 Å². The summed E-state index contributed by atoms with van der Waals surface area (Å²) in [6.07, 6.45) is 4.55. The molecule has 1 amide bonds. The maximum atomic E-state index is 12.1. The number of carboxylic acid groups (broad SMARTS) is 1. The summed E-state index contributed by atoms with van der Waals surface area (Å²) in [6.45, 7) is 4.40. The lowest BCUT2D eigenvalue weighted by atomic mass is 10.0. The fourth-order valence-corrected chi connectivity index (χ4v) is 2.76. The smallest absolute Gasteiger partial charge is 0.336 e. The Hall–Kier alpha value is -1.88. The molecule has 1 fully saturated rings. The Morgan fingerprint density at radius 3 is 2.68 bits per heavy atom. The van der Waals surface area contributed by atoms with Gasteiger partial charge in [-0.15, -0.1) is 0 Å². The standard InChI is InChI=1S/C17H23NO4/c1-11-9-12(2)15(10-14(11)17(20)21)18-16(19)7-6-13-5-3-4-8-22-13/h9-10,13H,3-8H2,1-2H3,(H,18,19)(H,20,21). The molecule has 2 N–H and O–H groups in total. The number of aromatic carboxylic acids is 1. The first-order chi connectivity index (χ1) is 10.5. The summed E-state index contributed by atoms with van der Waals surface area (Å²) in [7, 11) is 0. The Morgan fingerprint density at radius 2 is 2.05 bits per heavy atom. The predicted octanol–water partition coefficient (Wildman–Crippen LogP) is 3.29. The van der Waals surface area contributed by atoms with Crippen molar-refractivity contribution in [2.45, 2.75) is 52.1 Å². The Balaban J connectivity index is 1.95. The molecular formula is C17H23NO4. The molecule has 1 aliphatic rings. The number of anilines is 1. The minimum Gasteiger partial charge on any atom is -0.478 e. The van der Waals surface area contributed by atoms with Gasteiger partial charge in [0.2, 0.25) is 5.91 Å². The molecule has 1 aliphatic heterocycles. The highest BCUT2D eigenvalue weighted by Crippen LogP contribution is 2.22. The summed E-state index contributed by atoms with van der Waals surface area (Å²) in [5.74, 6) is -1.08. The van der Waals surface area contributed by atoms with E-state index in [1.54, 1.807) is 13.0 Å². The molecule has 0 aromatic heterocycles. The van der Waals surface area contributed by atoms with Crippen molar-refractivity contribution in [2.24, 2.45) is 0 Å². The van der Waals surface area contributed by atoms with E-state index in [-0.39, 0.29) is 17.6 Å². The molecule has 0 bridgehead atoms. The third-order valence-corrected chi connectivity index (χ3v) is 4.04. The first kappa shape index (κ1) is 16.5. The molecule has 2 rings (SSSR count). The van der Waals surface area contributed by atoms with Crippen LogP contribution in [0.3, 0.4) is 0 Å². The predicted molar refractivity (Wildman–Crippen MR) is 84.3 cm³/mol. The van der Waals surface area contributed by atoms with Crippen molar-refractivity contribution in [1.29, 1.82) is 0 Å². The van der Waals surface area contributed by atoms with E-state index in [2.05, 4.69) is 5.32 Å². The molecule has 1 atom stereocenters. The number of benzene rings is 1. The van der Waals surface area contributed by atoms with Crippen LogP contribution in [0.15, 0.2) is 12.1 Å². The maximum absolute atomic E-state index is 12.1. The molecule has 0 saturated carbocycles. The van der Waals surface area contributed by atoms with E-state index in [9.17, 15) is 9.59 Å². The van der Waals surface area contributed by atoms with Crippen LogP contribution < -0.4 is 5.32 Å². The minimum absolute atomic E-state index is 0.0996. The molecule has 1 aromatic rings. The number of carboxylic acids is 1. The molecule has 0 spiro atoms. The van der Waals surface area contributed by atoms with Gasteiger partial charge in [0.25, 0.3) is 0 Å². The van der Waals surface area contributed by atoms with Crippen molar-refractivity contribution in [3.63, 3.8) is 0 Å². The number of ether oxygens (including phenoxy) is 1. The van der Waals surface area contributed by atoms with Crippen LogP contribution >= 0.6 is 0 Å². The summed E-state index contributed by atoms with van der Waals surface area (Å²) in [6, 6.07) is 3.31. The summed E-state index contributed by atoms with van der Waals surface area (Å²) >= 11 is 0. The SMILES string of the molecule is Cc1cc(C)c(C(=O)O)cc1NC(=O)CCC1CCCCO1. The quantitative estimate of drug-likeness (QED) is 0.875. The van der Waals surface area contributed by atoms with Crippen molar-refractivity contribution >= 4 is 17.6 Å². The van der Waals surface area contributed by atoms with Crippen LogP contribution in [0, 0.1) is 13.8 Å². The average Bonchev–Trinajstić information content (AvgIpc) is 2.48. The fraction of sp³-hybridized carbons (Fsp3) is 0.529. The lowest BCUT2D eigenvalue weighted by Gasteiger charge is -2.22. The Bertz CT molecular complexity index is 562. The van der Waals surface area contributed by atoms with Gasteiger partial charge in [-0.25, -0.2) is 4.79 Å². The number of carbonyl (C=O) groups is 2. The van der Waals surface area contributed by atoms with Crippen LogP contribution in [-0.4, -0.2) is 29.7 Å². The average molecular weight is 305 g/mol. The molecule has 22 heavy (non-hydrogen) atoms. The number of amides is 1. The van der Waals surface area contributed by atoms with E-state index in [4.69, 9.17) is 9.84 Å². The van der Waals surface area contributed by atoms with Gasteiger partial charge in [-0.1, -0.05) is 6.07 Å². The van der Waals surface area contributed by atoms with Crippen LogP contribution in [0.2, 0.25) is 0 Å². The molecule has 1 unspecified atom stereocenters. The van der Waals surface area contributed by atoms with Gasteiger partial charge >= 0.3 is 5.97 Å². The van der Waals surface area contributed by atoms with E-state index in [1.165, 1.54) is 6.07 Å². The summed E-state index contributed by atoms with van der Waals surface area (Å²) < 4.78 is 5.61. The lowest BCUT2D eigenvalue weighted by molar-refractivity contribution is -0.117. The Labute approximate surface area is 130 Å². The van der Waals surface area contributed by atoms with Gasteiger partial charge in [-0.3, -0.25) is 4.79 Å². The van der Waals surface area contributed by atoms with E-state index in [0.717, 1.165) is 31.4 Å². The zero-order valence-corrected chi connectivity index (χ0v) is 13.1. The summed E-state index contributed by atoms with van der Waals surface area (Å²) in [4.78, 5) is 23.2. The largest absolute Gasteiger partial charge is 0.478 e. The second-order valence-corrected chi connectivity index (χ2v) is 5.86. The number of hydrogen-bond donors (Lipinski definition) is 2.